The van der Waals surface area contributed by atoms with Crippen LogP contribution < -0.4 is 17.3 Å². The van der Waals surface area contributed by atoms with Gasteiger partial charge in [0.25, 0.3) is 0 Å². The molecule has 2 atom stereocenters. The van der Waals surface area contributed by atoms with Gasteiger partial charge in [-0.1, -0.05) is 65.2 Å². The first kappa shape index (κ1) is 20.2. The molecule has 1 aliphatic heterocycles. The summed E-state index contributed by atoms with van der Waals surface area (Å²) in [5.74, 6) is 0. The Morgan fingerprint density at radius 3 is 2.00 bits per heavy atom. The van der Waals surface area contributed by atoms with E-state index in [1.807, 2.05) is 4.90 Å². The third-order valence-electron chi connectivity index (χ3n) is 4.87. The van der Waals surface area contributed by atoms with Gasteiger partial charge in [-0.3, -0.25) is 0 Å². The summed E-state index contributed by atoms with van der Waals surface area (Å²) in [6.07, 6.45) is 19.0. The fourth-order valence-electron chi connectivity index (χ4n) is 3.67. The summed E-state index contributed by atoms with van der Waals surface area (Å²) < 4.78 is 0. The minimum Gasteiger partial charge on any atom is -1.00 e. The van der Waals surface area contributed by atoms with E-state index in [9.17, 15) is 0 Å². The van der Waals surface area contributed by atoms with Crippen LogP contribution in [0.15, 0.2) is 0 Å². The molecule has 0 saturated carbocycles. The molecule has 20 heavy (non-hydrogen) atoms. The number of likely N-dealkylation sites (tertiary alicyclic amines) is 1. The monoisotopic (exact) mass is 303 g/mol. The second-order valence-electron chi connectivity index (χ2n) is 6.61. The fraction of sp³-hybridized carbons (Fsp3) is 1.00. The molecule has 1 N–H and O–H groups in total. The lowest BCUT2D eigenvalue weighted by atomic mass is 10.1. The number of unbranched alkanes of at least 4 members (excludes halogenated alkanes) is 8. The predicted octanol–water partition coefficient (Wildman–Crippen LogP) is 1.37. The van der Waals surface area contributed by atoms with E-state index in [0.29, 0.717) is 0 Å². The van der Waals surface area contributed by atoms with Crippen LogP contribution in [0.5, 0.6) is 0 Å². The number of quaternary nitrogens is 1. The highest BCUT2D eigenvalue weighted by Gasteiger charge is 2.26. The van der Waals surface area contributed by atoms with Gasteiger partial charge in [0.2, 0.25) is 0 Å². The third-order valence-corrected chi connectivity index (χ3v) is 4.87. The summed E-state index contributed by atoms with van der Waals surface area (Å²) in [4.78, 5) is 1.93. The number of halogens is 1. The molecule has 0 aliphatic carbocycles. The topological polar surface area (TPSA) is 4.44 Å². The quantitative estimate of drug-likeness (QED) is 0.520. The number of hydrogen-bond donors (Lipinski definition) is 1. The smallest absolute Gasteiger partial charge is 0.0876 e. The predicted molar refractivity (Wildman–Crippen MR) is 85.9 cm³/mol. The first-order valence-electron chi connectivity index (χ1n) is 9.23. The van der Waals surface area contributed by atoms with Crippen molar-refractivity contribution >= 4 is 0 Å². The standard InChI is InChI=1S/C18H37N.ClH/c1-3-5-6-7-8-9-10-11-12-16-19-17-13-15-18(19)14-4-2;/h18H,3-17H2,1-2H3;1H. The zero-order chi connectivity index (χ0) is 13.8. The van der Waals surface area contributed by atoms with Gasteiger partial charge < -0.3 is 17.3 Å². The molecule has 0 aromatic rings. The summed E-state index contributed by atoms with van der Waals surface area (Å²) in [7, 11) is 0. The molecule has 1 heterocycles. The SMILES string of the molecule is CCCCCCCCCCC[NH+]1CCCC1CCC.[Cl-]. The van der Waals surface area contributed by atoms with Crippen LogP contribution in [-0.2, 0) is 0 Å². The van der Waals surface area contributed by atoms with Gasteiger partial charge in [0, 0.05) is 12.8 Å². The van der Waals surface area contributed by atoms with Crippen LogP contribution in [0.25, 0.3) is 0 Å². The van der Waals surface area contributed by atoms with E-state index < -0.39 is 0 Å². The minimum atomic E-state index is 0. The van der Waals surface area contributed by atoms with Crippen molar-refractivity contribution in [3.05, 3.63) is 0 Å². The molecule has 0 radical (unpaired) electrons. The molecule has 1 saturated heterocycles. The van der Waals surface area contributed by atoms with Crippen LogP contribution in [0.1, 0.15) is 97.3 Å². The van der Waals surface area contributed by atoms with Crippen LogP contribution >= 0.6 is 0 Å². The Balaban J connectivity index is 0.00000361. The first-order chi connectivity index (χ1) is 9.38. The summed E-state index contributed by atoms with van der Waals surface area (Å²) >= 11 is 0. The Kier molecular flexibility index (Phi) is 14.4. The number of rotatable bonds is 12. The molecule has 2 heteroatoms. The van der Waals surface area contributed by atoms with E-state index >= 15 is 0 Å². The fourth-order valence-corrected chi connectivity index (χ4v) is 3.67. The van der Waals surface area contributed by atoms with Gasteiger partial charge in [0.05, 0.1) is 19.1 Å². The van der Waals surface area contributed by atoms with E-state index in [4.69, 9.17) is 0 Å². The highest BCUT2D eigenvalue weighted by atomic mass is 35.5. The molecule has 1 fully saturated rings. The maximum Gasteiger partial charge on any atom is 0.0876 e. The summed E-state index contributed by atoms with van der Waals surface area (Å²) in [5.41, 5.74) is 0. The van der Waals surface area contributed by atoms with Crippen molar-refractivity contribution in [1.82, 2.24) is 0 Å². The highest BCUT2D eigenvalue weighted by Crippen LogP contribution is 2.10. The third kappa shape index (κ3) is 9.23. The van der Waals surface area contributed by atoms with Crippen molar-refractivity contribution < 1.29 is 17.3 Å². The Bertz CT molecular complexity index is 196. The first-order valence-corrected chi connectivity index (χ1v) is 9.23. The van der Waals surface area contributed by atoms with Crippen LogP contribution in [0, 0.1) is 0 Å². The van der Waals surface area contributed by atoms with Crippen molar-refractivity contribution in [1.29, 1.82) is 0 Å². The zero-order valence-electron chi connectivity index (χ0n) is 14.1. The van der Waals surface area contributed by atoms with Crippen LogP contribution in [0.2, 0.25) is 0 Å². The van der Waals surface area contributed by atoms with Crippen molar-refractivity contribution in [2.75, 3.05) is 13.1 Å². The Morgan fingerprint density at radius 2 is 1.40 bits per heavy atom. The Morgan fingerprint density at radius 1 is 0.800 bits per heavy atom. The van der Waals surface area contributed by atoms with Crippen molar-refractivity contribution in [2.24, 2.45) is 0 Å². The van der Waals surface area contributed by atoms with Gasteiger partial charge >= 0.3 is 0 Å². The summed E-state index contributed by atoms with van der Waals surface area (Å²) in [6, 6.07) is 1.01. The molecule has 122 valence electrons. The zero-order valence-corrected chi connectivity index (χ0v) is 14.8. The molecule has 0 aromatic heterocycles. The molecular formula is C18H38ClN. The van der Waals surface area contributed by atoms with Crippen molar-refractivity contribution in [2.45, 2.75) is 103 Å². The molecular weight excluding hydrogens is 266 g/mol. The lowest BCUT2D eigenvalue weighted by Gasteiger charge is -2.21. The van der Waals surface area contributed by atoms with Crippen LogP contribution in [0.4, 0.5) is 0 Å². The van der Waals surface area contributed by atoms with E-state index in [1.165, 1.54) is 96.6 Å². The second kappa shape index (κ2) is 14.2. The highest BCUT2D eigenvalue weighted by molar-refractivity contribution is 4.61. The number of hydrogen-bond acceptors (Lipinski definition) is 0. The van der Waals surface area contributed by atoms with Crippen LogP contribution in [0.3, 0.4) is 0 Å². The lowest BCUT2D eigenvalue weighted by Crippen LogP contribution is -3.13. The minimum absolute atomic E-state index is 0. The van der Waals surface area contributed by atoms with Gasteiger partial charge in [0.1, 0.15) is 0 Å². The molecule has 0 spiro atoms. The second-order valence-corrected chi connectivity index (χ2v) is 6.61. The van der Waals surface area contributed by atoms with E-state index in [-0.39, 0.29) is 12.4 Å². The molecule has 1 aliphatic rings. The van der Waals surface area contributed by atoms with E-state index in [0.717, 1.165) is 6.04 Å². The van der Waals surface area contributed by atoms with E-state index in [1.54, 1.807) is 0 Å². The van der Waals surface area contributed by atoms with Gasteiger partial charge in [-0.05, 0) is 19.3 Å². The normalized spacial score (nSPS) is 21.9. The van der Waals surface area contributed by atoms with Crippen molar-refractivity contribution in [3.63, 3.8) is 0 Å². The van der Waals surface area contributed by atoms with Gasteiger partial charge in [0.15, 0.2) is 0 Å². The molecule has 0 amide bonds. The van der Waals surface area contributed by atoms with E-state index in [2.05, 4.69) is 13.8 Å². The Labute approximate surface area is 134 Å². The van der Waals surface area contributed by atoms with Gasteiger partial charge in [-0.2, -0.15) is 0 Å². The molecule has 2 unspecified atom stereocenters. The molecule has 1 rings (SSSR count). The summed E-state index contributed by atoms with van der Waals surface area (Å²) in [5, 5.41) is 0. The average molecular weight is 304 g/mol. The maximum atomic E-state index is 2.34. The van der Waals surface area contributed by atoms with Crippen molar-refractivity contribution in [3.8, 4) is 0 Å². The largest absolute Gasteiger partial charge is 1.00 e. The molecule has 0 aromatic carbocycles. The Hall–Kier alpha value is 0.250. The lowest BCUT2D eigenvalue weighted by molar-refractivity contribution is -0.912. The van der Waals surface area contributed by atoms with Gasteiger partial charge in [-0.15, -0.1) is 0 Å². The number of nitrogens with one attached hydrogen (secondary N) is 1. The van der Waals surface area contributed by atoms with Crippen LogP contribution in [-0.4, -0.2) is 19.1 Å². The van der Waals surface area contributed by atoms with Gasteiger partial charge in [-0.25, -0.2) is 0 Å². The maximum absolute atomic E-state index is 2.34. The molecule has 1 nitrogen and oxygen atoms in total. The molecule has 0 bridgehead atoms. The summed E-state index contributed by atoms with van der Waals surface area (Å²) in [6.45, 7) is 7.56. The average Bonchev–Trinajstić information content (AvgIpc) is 2.85.